The first-order valence-electron chi connectivity index (χ1n) is 10.6. The predicted octanol–water partition coefficient (Wildman–Crippen LogP) is 4.07. The minimum atomic E-state index is -0.0200. The highest BCUT2D eigenvalue weighted by atomic mass is 32.1. The number of aromatic nitrogens is 2. The number of nitrogens with one attached hydrogen (secondary N) is 1. The van der Waals surface area contributed by atoms with Crippen molar-refractivity contribution in [3.63, 3.8) is 0 Å². The fraction of sp³-hybridized carbons (Fsp3) is 0.478. The lowest BCUT2D eigenvalue weighted by atomic mass is 9.89. The Hall–Kier alpha value is -2.38. The van der Waals surface area contributed by atoms with Gasteiger partial charge in [0.25, 0.3) is 5.56 Å². The maximum atomic E-state index is 12.9. The summed E-state index contributed by atoms with van der Waals surface area (Å²) in [5.41, 5.74) is 2.37. The molecular weight excluding hydrogens is 398 g/mol. The molecule has 158 valence electrons. The van der Waals surface area contributed by atoms with Crippen molar-refractivity contribution < 1.29 is 9.47 Å². The normalized spacial score (nSPS) is 19.1. The van der Waals surface area contributed by atoms with Crippen molar-refractivity contribution in [1.82, 2.24) is 14.9 Å². The number of aromatic amines is 1. The third kappa shape index (κ3) is 3.50. The van der Waals surface area contributed by atoms with E-state index in [1.165, 1.54) is 10.4 Å². The molecule has 1 N–H and O–H groups in total. The molecule has 3 heterocycles. The van der Waals surface area contributed by atoms with E-state index in [9.17, 15) is 4.79 Å². The molecule has 6 nitrogen and oxygen atoms in total. The Balaban J connectivity index is 1.40. The molecule has 2 aromatic heterocycles. The van der Waals surface area contributed by atoms with Gasteiger partial charge in [-0.15, -0.1) is 11.3 Å². The molecule has 0 radical (unpaired) electrons. The zero-order chi connectivity index (χ0) is 20.8. The largest absolute Gasteiger partial charge is 0.486 e. The van der Waals surface area contributed by atoms with Gasteiger partial charge in [0, 0.05) is 11.4 Å². The Labute approximate surface area is 179 Å². The fourth-order valence-electron chi connectivity index (χ4n) is 4.38. The molecule has 7 heteroatoms. The standard InChI is InChI=1S/C23H27N3O3S/c1-13-4-6-16-19(10-13)30-23-20(16)22(27)24-21(25-23)14(2)26(3)12-15-5-7-17-18(11-15)29-9-8-28-17/h5,7,11,13-14H,4,6,8-10,12H2,1-3H3,(H,24,25,27)/t13-,14+/m1/s1. The minimum absolute atomic E-state index is 0.00151. The van der Waals surface area contributed by atoms with Crippen molar-refractivity contribution in [2.24, 2.45) is 5.92 Å². The van der Waals surface area contributed by atoms with E-state index in [0.717, 1.165) is 58.9 Å². The molecule has 2 aliphatic rings. The highest BCUT2D eigenvalue weighted by Gasteiger charge is 2.24. The predicted molar refractivity (Wildman–Crippen MR) is 119 cm³/mol. The maximum Gasteiger partial charge on any atom is 0.259 e. The molecule has 1 aliphatic carbocycles. The maximum absolute atomic E-state index is 12.9. The zero-order valence-electron chi connectivity index (χ0n) is 17.7. The van der Waals surface area contributed by atoms with Crippen LogP contribution < -0.4 is 15.0 Å². The number of benzene rings is 1. The number of ether oxygens (including phenoxy) is 2. The van der Waals surface area contributed by atoms with Gasteiger partial charge < -0.3 is 14.5 Å². The summed E-state index contributed by atoms with van der Waals surface area (Å²) in [5, 5.41) is 0.812. The lowest BCUT2D eigenvalue weighted by molar-refractivity contribution is 0.171. The van der Waals surface area contributed by atoms with Crippen LogP contribution in [0.3, 0.4) is 0 Å². The van der Waals surface area contributed by atoms with Crippen LogP contribution in [0, 0.1) is 5.92 Å². The Morgan fingerprint density at radius 1 is 1.30 bits per heavy atom. The second kappa shape index (κ2) is 7.71. The van der Waals surface area contributed by atoms with Gasteiger partial charge in [0.1, 0.15) is 23.9 Å². The number of aryl methyl sites for hydroxylation is 1. The van der Waals surface area contributed by atoms with E-state index in [-0.39, 0.29) is 11.6 Å². The number of nitrogens with zero attached hydrogens (tertiary/aromatic N) is 2. The first kappa shape index (κ1) is 19.6. The first-order valence-corrected chi connectivity index (χ1v) is 11.4. The highest BCUT2D eigenvalue weighted by Crippen LogP contribution is 2.36. The van der Waals surface area contributed by atoms with E-state index in [4.69, 9.17) is 14.5 Å². The minimum Gasteiger partial charge on any atom is -0.486 e. The summed E-state index contributed by atoms with van der Waals surface area (Å²) >= 11 is 1.70. The van der Waals surface area contributed by atoms with Crippen LogP contribution in [0.5, 0.6) is 11.5 Å². The molecule has 0 amide bonds. The Morgan fingerprint density at radius 3 is 2.93 bits per heavy atom. The van der Waals surface area contributed by atoms with Crippen LogP contribution in [-0.4, -0.2) is 35.1 Å². The smallest absolute Gasteiger partial charge is 0.259 e. The third-order valence-electron chi connectivity index (χ3n) is 6.28. The summed E-state index contributed by atoms with van der Waals surface area (Å²) in [6, 6.07) is 6.04. The van der Waals surface area contributed by atoms with Gasteiger partial charge in [-0.25, -0.2) is 4.98 Å². The van der Waals surface area contributed by atoms with E-state index in [2.05, 4.69) is 29.8 Å². The molecule has 2 atom stereocenters. The van der Waals surface area contributed by atoms with Gasteiger partial charge in [-0.3, -0.25) is 9.69 Å². The molecule has 0 spiro atoms. The summed E-state index contributed by atoms with van der Waals surface area (Å²) in [6.45, 7) is 6.26. The van der Waals surface area contributed by atoms with Gasteiger partial charge in [0.05, 0.1) is 11.4 Å². The number of H-pyrrole nitrogens is 1. The van der Waals surface area contributed by atoms with Crippen molar-refractivity contribution in [3.8, 4) is 11.5 Å². The molecule has 5 rings (SSSR count). The molecule has 30 heavy (non-hydrogen) atoms. The molecule has 3 aromatic rings. The molecule has 1 aliphatic heterocycles. The van der Waals surface area contributed by atoms with E-state index < -0.39 is 0 Å². The second-order valence-electron chi connectivity index (χ2n) is 8.55. The van der Waals surface area contributed by atoms with E-state index in [1.54, 1.807) is 11.3 Å². The average Bonchev–Trinajstić information content (AvgIpc) is 3.10. The van der Waals surface area contributed by atoms with Gasteiger partial charge in [-0.2, -0.15) is 0 Å². The van der Waals surface area contributed by atoms with Crippen molar-refractivity contribution in [2.75, 3.05) is 20.3 Å². The summed E-state index contributed by atoms with van der Waals surface area (Å²) in [4.78, 5) is 25.3. The molecule has 0 saturated carbocycles. The van der Waals surface area contributed by atoms with Gasteiger partial charge in [0.15, 0.2) is 11.5 Å². The number of hydrogen-bond donors (Lipinski definition) is 1. The van der Waals surface area contributed by atoms with E-state index in [1.807, 2.05) is 19.2 Å². The third-order valence-corrected chi connectivity index (χ3v) is 7.43. The van der Waals surface area contributed by atoms with Gasteiger partial charge in [-0.05, 0) is 62.4 Å². The van der Waals surface area contributed by atoms with Crippen molar-refractivity contribution in [2.45, 2.75) is 45.7 Å². The van der Waals surface area contributed by atoms with Gasteiger partial charge >= 0.3 is 0 Å². The molecule has 1 aromatic carbocycles. The topological polar surface area (TPSA) is 67.5 Å². The van der Waals surface area contributed by atoms with Crippen LogP contribution in [0.4, 0.5) is 0 Å². The summed E-state index contributed by atoms with van der Waals surface area (Å²) in [5.74, 6) is 3.00. The summed E-state index contributed by atoms with van der Waals surface area (Å²) in [6.07, 6.45) is 3.19. The average molecular weight is 426 g/mol. The monoisotopic (exact) mass is 425 g/mol. The van der Waals surface area contributed by atoms with Gasteiger partial charge in [0.2, 0.25) is 0 Å². The quantitative estimate of drug-likeness (QED) is 0.682. The highest BCUT2D eigenvalue weighted by molar-refractivity contribution is 7.18. The van der Waals surface area contributed by atoms with Gasteiger partial charge in [-0.1, -0.05) is 13.0 Å². The lowest BCUT2D eigenvalue weighted by Crippen LogP contribution is -2.26. The second-order valence-corrected chi connectivity index (χ2v) is 9.64. The zero-order valence-corrected chi connectivity index (χ0v) is 18.5. The first-order chi connectivity index (χ1) is 14.5. The molecule has 0 fully saturated rings. The number of thiophene rings is 1. The van der Waals surface area contributed by atoms with Crippen LogP contribution in [0.2, 0.25) is 0 Å². The van der Waals surface area contributed by atoms with E-state index >= 15 is 0 Å². The molecule has 0 bridgehead atoms. The van der Waals surface area contributed by atoms with Crippen molar-refractivity contribution in [3.05, 3.63) is 50.4 Å². The number of fused-ring (bicyclic) bond motifs is 4. The van der Waals surface area contributed by atoms with E-state index in [0.29, 0.717) is 19.1 Å². The summed E-state index contributed by atoms with van der Waals surface area (Å²) in [7, 11) is 2.05. The molecule has 0 saturated heterocycles. The molecule has 0 unspecified atom stereocenters. The Kier molecular flexibility index (Phi) is 5.03. The molecular formula is C23H27N3O3S. The Bertz CT molecular complexity index is 1150. The van der Waals surface area contributed by atoms with Crippen LogP contribution in [0.1, 0.15) is 48.1 Å². The van der Waals surface area contributed by atoms with Crippen LogP contribution in [0.25, 0.3) is 10.2 Å². The number of rotatable bonds is 4. The lowest BCUT2D eigenvalue weighted by Gasteiger charge is -2.25. The SMILES string of the molecule is C[C@@H]1CCc2c(sc3nc([C@H](C)N(C)Cc4ccc5c(c4)OCCO5)[nH]c(=O)c23)C1. The van der Waals surface area contributed by atoms with Crippen LogP contribution in [-0.2, 0) is 19.4 Å². The van der Waals surface area contributed by atoms with Crippen molar-refractivity contribution in [1.29, 1.82) is 0 Å². The Morgan fingerprint density at radius 2 is 2.10 bits per heavy atom. The van der Waals surface area contributed by atoms with Crippen LogP contribution >= 0.6 is 11.3 Å². The van der Waals surface area contributed by atoms with Crippen LogP contribution in [0.15, 0.2) is 23.0 Å². The fourth-order valence-corrected chi connectivity index (χ4v) is 5.77. The van der Waals surface area contributed by atoms with Crippen molar-refractivity contribution >= 4 is 21.6 Å². The number of hydrogen-bond acceptors (Lipinski definition) is 6. The summed E-state index contributed by atoms with van der Waals surface area (Å²) < 4.78 is 11.3.